The van der Waals surface area contributed by atoms with E-state index in [9.17, 15) is 4.79 Å². The fraction of sp³-hybridized carbons (Fsp3) is 0.316. The van der Waals surface area contributed by atoms with Gasteiger partial charge in [-0.1, -0.05) is 30.3 Å². The molecule has 0 spiro atoms. The van der Waals surface area contributed by atoms with Gasteiger partial charge in [0.2, 0.25) is 5.91 Å². The van der Waals surface area contributed by atoms with E-state index in [1.165, 1.54) is 16.7 Å². The Balaban J connectivity index is 1.75. The third kappa shape index (κ3) is 2.21. The van der Waals surface area contributed by atoms with Gasteiger partial charge in [-0.15, -0.1) is 0 Å². The van der Waals surface area contributed by atoms with Gasteiger partial charge in [0.1, 0.15) is 5.54 Å². The summed E-state index contributed by atoms with van der Waals surface area (Å²) in [5.41, 5.74) is 5.34. The molecule has 1 heterocycles. The molecule has 2 aliphatic rings. The van der Waals surface area contributed by atoms with E-state index in [-0.39, 0.29) is 5.91 Å². The molecule has 0 saturated carbocycles. The number of carbonyl (C=O) groups excluding carboxylic acids is 1. The molecule has 3 N–H and O–H groups in total. The minimum absolute atomic E-state index is 0.0288. The minimum atomic E-state index is -0.675. The van der Waals surface area contributed by atoms with E-state index in [4.69, 9.17) is 0 Å². The summed E-state index contributed by atoms with van der Waals surface area (Å²) in [6, 6.07) is 14.6. The summed E-state index contributed by atoms with van der Waals surface area (Å²) >= 11 is 0. The van der Waals surface area contributed by atoms with Crippen molar-refractivity contribution in [3.8, 4) is 0 Å². The van der Waals surface area contributed by atoms with Crippen molar-refractivity contribution in [1.29, 1.82) is 0 Å². The van der Waals surface area contributed by atoms with Crippen molar-refractivity contribution in [2.24, 2.45) is 0 Å². The molecule has 0 radical (unpaired) electrons. The summed E-state index contributed by atoms with van der Waals surface area (Å²) in [5.74, 6) is 0.0288. The number of aryl methyl sites for hydroxylation is 1. The molecule has 4 rings (SSSR count). The monoisotopic (exact) mass is 307 g/mol. The summed E-state index contributed by atoms with van der Waals surface area (Å²) in [7, 11) is 1.71. The molecule has 1 atom stereocenters. The van der Waals surface area contributed by atoms with Crippen LogP contribution < -0.4 is 16.0 Å². The fourth-order valence-electron chi connectivity index (χ4n) is 3.87. The zero-order valence-electron chi connectivity index (χ0n) is 13.3. The maximum atomic E-state index is 12.8. The van der Waals surface area contributed by atoms with Gasteiger partial charge in [0.15, 0.2) is 0 Å². The second kappa shape index (κ2) is 5.39. The number of hydrogen-bond acceptors (Lipinski definition) is 3. The maximum absolute atomic E-state index is 12.8. The summed E-state index contributed by atoms with van der Waals surface area (Å²) in [5, 5.41) is 9.76. The Labute approximate surface area is 136 Å². The Morgan fingerprint density at radius 2 is 1.91 bits per heavy atom. The zero-order chi connectivity index (χ0) is 15.9. The lowest BCUT2D eigenvalue weighted by Crippen LogP contribution is -2.47. The SMILES string of the molecule is CNC(=O)[C@]1(Nc2ccc3c(c2)CNC3)CCc2ccccc21. The highest BCUT2D eigenvalue weighted by molar-refractivity contribution is 5.92. The van der Waals surface area contributed by atoms with Crippen molar-refractivity contribution in [2.45, 2.75) is 31.5 Å². The molecule has 1 amide bonds. The molecule has 1 aliphatic heterocycles. The third-order valence-corrected chi connectivity index (χ3v) is 5.06. The van der Waals surface area contributed by atoms with Crippen LogP contribution in [0.2, 0.25) is 0 Å². The number of anilines is 1. The van der Waals surface area contributed by atoms with Crippen LogP contribution in [0.4, 0.5) is 5.69 Å². The molecule has 23 heavy (non-hydrogen) atoms. The first kappa shape index (κ1) is 14.3. The number of rotatable bonds is 3. The Morgan fingerprint density at radius 1 is 1.09 bits per heavy atom. The molecular weight excluding hydrogens is 286 g/mol. The first-order valence-electron chi connectivity index (χ1n) is 8.14. The van der Waals surface area contributed by atoms with E-state index < -0.39 is 5.54 Å². The highest BCUT2D eigenvalue weighted by Gasteiger charge is 2.44. The van der Waals surface area contributed by atoms with Crippen LogP contribution in [0.25, 0.3) is 0 Å². The van der Waals surface area contributed by atoms with Gasteiger partial charge < -0.3 is 16.0 Å². The molecule has 4 nitrogen and oxygen atoms in total. The normalized spacial score (nSPS) is 21.6. The molecule has 118 valence electrons. The van der Waals surface area contributed by atoms with E-state index in [2.05, 4.69) is 46.3 Å². The lowest BCUT2D eigenvalue weighted by molar-refractivity contribution is -0.125. The second-order valence-electron chi connectivity index (χ2n) is 6.35. The first-order valence-corrected chi connectivity index (χ1v) is 8.14. The van der Waals surface area contributed by atoms with Gasteiger partial charge in [0.25, 0.3) is 0 Å². The van der Waals surface area contributed by atoms with Crippen LogP contribution in [0.15, 0.2) is 42.5 Å². The number of likely N-dealkylation sites (N-methyl/N-ethyl adjacent to an activating group) is 1. The highest BCUT2D eigenvalue weighted by Crippen LogP contribution is 2.40. The van der Waals surface area contributed by atoms with Crippen LogP contribution in [0.5, 0.6) is 0 Å². The van der Waals surface area contributed by atoms with Crippen molar-refractivity contribution >= 4 is 11.6 Å². The lowest BCUT2D eigenvalue weighted by Gasteiger charge is -2.31. The van der Waals surface area contributed by atoms with Crippen LogP contribution in [-0.4, -0.2) is 13.0 Å². The number of carbonyl (C=O) groups is 1. The average molecular weight is 307 g/mol. The standard InChI is InChI=1S/C19H21N3O/c1-20-18(23)19(9-8-13-4-2-3-5-17(13)19)22-16-7-6-14-11-21-12-15(14)10-16/h2-7,10,21-22H,8-9,11-12H2,1H3,(H,20,23)/t19-/m0/s1. The second-order valence-corrected chi connectivity index (χ2v) is 6.35. The van der Waals surface area contributed by atoms with Gasteiger partial charge in [-0.25, -0.2) is 0 Å². The van der Waals surface area contributed by atoms with Crippen LogP contribution in [0, 0.1) is 0 Å². The molecule has 0 aromatic heterocycles. The van der Waals surface area contributed by atoms with E-state index in [1.807, 2.05) is 12.1 Å². The van der Waals surface area contributed by atoms with Crippen LogP contribution in [0.3, 0.4) is 0 Å². The zero-order valence-corrected chi connectivity index (χ0v) is 13.3. The molecule has 0 fully saturated rings. The predicted octanol–water partition coefficient (Wildman–Crippen LogP) is 2.29. The van der Waals surface area contributed by atoms with Crippen molar-refractivity contribution in [1.82, 2.24) is 10.6 Å². The third-order valence-electron chi connectivity index (χ3n) is 5.06. The van der Waals surface area contributed by atoms with Crippen LogP contribution in [0.1, 0.15) is 28.7 Å². The Hall–Kier alpha value is -2.33. The van der Waals surface area contributed by atoms with Crippen LogP contribution in [-0.2, 0) is 29.8 Å². The van der Waals surface area contributed by atoms with Crippen molar-refractivity contribution in [3.05, 3.63) is 64.7 Å². The average Bonchev–Trinajstić information content (AvgIpc) is 3.19. The molecule has 4 heteroatoms. The maximum Gasteiger partial charge on any atom is 0.250 e. The molecule has 0 bridgehead atoms. The molecule has 0 saturated heterocycles. The van der Waals surface area contributed by atoms with Gasteiger partial charge in [0.05, 0.1) is 0 Å². The number of fused-ring (bicyclic) bond motifs is 2. The highest BCUT2D eigenvalue weighted by atomic mass is 16.2. The van der Waals surface area contributed by atoms with Gasteiger partial charge in [-0.3, -0.25) is 4.79 Å². The molecule has 0 unspecified atom stereocenters. The van der Waals surface area contributed by atoms with Gasteiger partial charge in [-0.05, 0) is 47.2 Å². The number of hydrogen-bond donors (Lipinski definition) is 3. The summed E-state index contributed by atoms with van der Waals surface area (Å²) in [6.07, 6.45) is 1.70. The van der Waals surface area contributed by atoms with E-state index in [1.54, 1.807) is 7.05 Å². The molecular formula is C19H21N3O. The first-order chi connectivity index (χ1) is 11.2. The molecule has 1 aliphatic carbocycles. The van der Waals surface area contributed by atoms with Gasteiger partial charge >= 0.3 is 0 Å². The summed E-state index contributed by atoms with van der Waals surface area (Å²) < 4.78 is 0. The van der Waals surface area contributed by atoms with Crippen molar-refractivity contribution in [3.63, 3.8) is 0 Å². The molecule has 2 aromatic rings. The Kier molecular flexibility index (Phi) is 3.34. The fourth-order valence-corrected chi connectivity index (χ4v) is 3.87. The van der Waals surface area contributed by atoms with Crippen molar-refractivity contribution in [2.75, 3.05) is 12.4 Å². The number of benzene rings is 2. The Bertz CT molecular complexity index is 771. The van der Waals surface area contributed by atoms with E-state index in [0.717, 1.165) is 37.2 Å². The van der Waals surface area contributed by atoms with Gasteiger partial charge in [-0.2, -0.15) is 0 Å². The summed E-state index contributed by atoms with van der Waals surface area (Å²) in [6.45, 7) is 1.83. The number of amides is 1. The lowest BCUT2D eigenvalue weighted by atomic mass is 9.90. The Morgan fingerprint density at radius 3 is 2.78 bits per heavy atom. The van der Waals surface area contributed by atoms with E-state index in [0.29, 0.717) is 0 Å². The minimum Gasteiger partial charge on any atom is -0.368 e. The topological polar surface area (TPSA) is 53.2 Å². The van der Waals surface area contributed by atoms with Crippen molar-refractivity contribution < 1.29 is 4.79 Å². The van der Waals surface area contributed by atoms with E-state index >= 15 is 0 Å². The quantitative estimate of drug-likeness (QED) is 0.815. The summed E-state index contributed by atoms with van der Waals surface area (Å²) in [4.78, 5) is 12.8. The van der Waals surface area contributed by atoms with Gasteiger partial charge in [0, 0.05) is 25.8 Å². The smallest absolute Gasteiger partial charge is 0.250 e. The largest absolute Gasteiger partial charge is 0.368 e. The molecule has 2 aromatic carbocycles. The predicted molar refractivity (Wildman–Crippen MR) is 91.1 cm³/mol. The van der Waals surface area contributed by atoms with Crippen LogP contribution >= 0.6 is 0 Å². The number of nitrogens with one attached hydrogen (secondary N) is 3.